The Morgan fingerprint density at radius 1 is 1.05 bits per heavy atom. The number of benzene rings is 2. The van der Waals surface area contributed by atoms with Crippen LogP contribution < -0.4 is 4.90 Å². The van der Waals surface area contributed by atoms with E-state index < -0.39 is 0 Å². The zero-order valence-corrected chi connectivity index (χ0v) is 11.2. The molecule has 1 aliphatic rings. The molecule has 0 amide bonds. The third-order valence-corrected chi connectivity index (χ3v) is 3.75. The van der Waals surface area contributed by atoms with Crippen molar-refractivity contribution in [3.63, 3.8) is 0 Å². The minimum absolute atomic E-state index is 0.0330. The molecule has 1 heterocycles. The van der Waals surface area contributed by atoms with E-state index in [1.807, 2.05) is 55.4 Å². The van der Waals surface area contributed by atoms with Gasteiger partial charge in [-0.2, -0.15) is 0 Å². The number of anilines is 1. The molecule has 1 aliphatic carbocycles. The van der Waals surface area contributed by atoms with Crippen LogP contribution in [0.15, 0.2) is 40.9 Å². The fourth-order valence-corrected chi connectivity index (χ4v) is 2.83. The molecule has 0 radical (unpaired) electrons. The van der Waals surface area contributed by atoms with E-state index in [9.17, 15) is 4.79 Å². The van der Waals surface area contributed by atoms with E-state index in [1.54, 1.807) is 0 Å². The van der Waals surface area contributed by atoms with E-state index in [2.05, 4.69) is 5.16 Å². The van der Waals surface area contributed by atoms with Crippen LogP contribution in [0.4, 0.5) is 5.69 Å². The molecule has 20 heavy (non-hydrogen) atoms. The lowest BCUT2D eigenvalue weighted by Crippen LogP contribution is -2.17. The van der Waals surface area contributed by atoms with Gasteiger partial charge in [-0.1, -0.05) is 29.4 Å². The van der Waals surface area contributed by atoms with Gasteiger partial charge in [-0.05, 0) is 12.1 Å². The van der Waals surface area contributed by atoms with Crippen molar-refractivity contribution in [2.75, 3.05) is 19.0 Å². The second kappa shape index (κ2) is 3.70. The fraction of sp³-hybridized carbons (Fsp3) is 0.125. The number of rotatable bonds is 1. The van der Waals surface area contributed by atoms with Crippen molar-refractivity contribution in [3.05, 3.63) is 47.5 Å². The van der Waals surface area contributed by atoms with Gasteiger partial charge in [-0.25, -0.2) is 0 Å². The average Bonchev–Trinajstić information content (AvgIpc) is 2.89. The van der Waals surface area contributed by atoms with Crippen LogP contribution >= 0.6 is 0 Å². The average molecular weight is 264 g/mol. The molecule has 1 aromatic heterocycles. The van der Waals surface area contributed by atoms with Crippen molar-refractivity contribution in [3.8, 4) is 11.3 Å². The fourth-order valence-electron chi connectivity index (χ4n) is 2.83. The minimum Gasteiger partial charge on any atom is -0.377 e. The van der Waals surface area contributed by atoms with Crippen molar-refractivity contribution >= 4 is 22.4 Å². The van der Waals surface area contributed by atoms with Crippen molar-refractivity contribution in [1.82, 2.24) is 5.16 Å². The molecular weight excluding hydrogens is 252 g/mol. The Morgan fingerprint density at radius 3 is 2.55 bits per heavy atom. The van der Waals surface area contributed by atoms with Crippen LogP contribution in [0.25, 0.3) is 22.2 Å². The number of aromatic nitrogens is 1. The highest BCUT2D eigenvalue weighted by atomic mass is 16.5. The second-order valence-corrected chi connectivity index (χ2v) is 5.13. The summed E-state index contributed by atoms with van der Waals surface area (Å²) < 4.78 is 5.49. The zero-order valence-electron chi connectivity index (χ0n) is 11.2. The van der Waals surface area contributed by atoms with E-state index in [0.717, 1.165) is 22.2 Å². The molecule has 4 rings (SSSR count). The number of nitrogens with zero attached hydrogens (tertiary/aromatic N) is 2. The number of ketones is 1. The third kappa shape index (κ3) is 1.25. The molecular formula is C16H12N2O2. The van der Waals surface area contributed by atoms with Crippen LogP contribution in [-0.2, 0) is 0 Å². The summed E-state index contributed by atoms with van der Waals surface area (Å²) in [5.74, 6) is 0.722. The first-order chi connectivity index (χ1) is 9.68. The van der Waals surface area contributed by atoms with Crippen molar-refractivity contribution in [2.24, 2.45) is 0 Å². The second-order valence-electron chi connectivity index (χ2n) is 5.13. The summed E-state index contributed by atoms with van der Waals surface area (Å²) in [5, 5.41) is 4.90. The van der Waals surface area contributed by atoms with E-state index in [4.69, 9.17) is 4.52 Å². The number of carbonyl (C=O) groups excluding carboxylic acids is 1. The van der Waals surface area contributed by atoms with Crippen LogP contribution in [0.3, 0.4) is 0 Å². The molecule has 0 bridgehead atoms. The molecule has 98 valence electrons. The number of hydrogen-bond acceptors (Lipinski definition) is 4. The standard InChI is InChI=1S/C16H12N2O2/c1-18(2)12-8-7-11-13-14(12)15(19)9-5-3-4-6-10(9)16(13)20-17-11/h3-8H,1-2H3. The number of carbonyl (C=O) groups is 1. The number of hydrogen-bond donors (Lipinski definition) is 0. The molecule has 4 heteroatoms. The highest BCUT2D eigenvalue weighted by molar-refractivity contribution is 6.27. The lowest BCUT2D eigenvalue weighted by Gasteiger charge is -2.20. The number of fused-ring (bicyclic) bond motifs is 2. The molecule has 0 saturated heterocycles. The minimum atomic E-state index is 0.0330. The molecule has 0 unspecified atom stereocenters. The van der Waals surface area contributed by atoms with Crippen LogP contribution in [0.5, 0.6) is 0 Å². The molecule has 0 saturated carbocycles. The van der Waals surface area contributed by atoms with Gasteiger partial charge in [0.25, 0.3) is 0 Å². The Balaban J connectivity index is 2.21. The van der Waals surface area contributed by atoms with E-state index in [-0.39, 0.29) is 5.78 Å². The maximum atomic E-state index is 12.8. The van der Waals surface area contributed by atoms with Crippen molar-refractivity contribution < 1.29 is 9.32 Å². The first kappa shape index (κ1) is 11.2. The van der Waals surface area contributed by atoms with E-state index in [1.165, 1.54) is 0 Å². The Kier molecular flexibility index (Phi) is 2.07. The topological polar surface area (TPSA) is 46.3 Å². The van der Waals surface area contributed by atoms with Gasteiger partial charge < -0.3 is 9.42 Å². The summed E-state index contributed by atoms with van der Waals surface area (Å²) in [5.41, 5.74) is 3.79. The Morgan fingerprint density at radius 2 is 1.80 bits per heavy atom. The van der Waals surface area contributed by atoms with Crippen molar-refractivity contribution in [2.45, 2.75) is 0 Å². The van der Waals surface area contributed by atoms with Gasteiger partial charge in [-0.15, -0.1) is 0 Å². The summed E-state index contributed by atoms with van der Waals surface area (Å²) >= 11 is 0. The van der Waals surface area contributed by atoms with Gasteiger partial charge in [0, 0.05) is 30.9 Å². The third-order valence-electron chi connectivity index (χ3n) is 3.75. The summed E-state index contributed by atoms with van der Waals surface area (Å²) in [6.45, 7) is 0. The van der Waals surface area contributed by atoms with Gasteiger partial charge in [0.1, 0.15) is 5.52 Å². The van der Waals surface area contributed by atoms with Gasteiger partial charge in [0.2, 0.25) is 0 Å². The molecule has 0 fully saturated rings. The van der Waals surface area contributed by atoms with Gasteiger partial charge in [-0.3, -0.25) is 4.79 Å². The van der Waals surface area contributed by atoms with Gasteiger partial charge >= 0.3 is 0 Å². The van der Waals surface area contributed by atoms with Gasteiger partial charge in [0.05, 0.1) is 10.9 Å². The SMILES string of the molecule is CN(C)c1ccc2noc3c2c1C(=O)c1ccccc1-3. The molecule has 0 aliphatic heterocycles. The Bertz CT molecular complexity index is 862. The maximum absolute atomic E-state index is 12.8. The Hall–Kier alpha value is -2.62. The molecule has 0 spiro atoms. The lowest BCUT2D eigenvalue weighted by atomic mass is 9.87. The smallest absolute Gasteiger partial charge is 0.196 e. The predicted octanol–water partition coefficient (Wildman–Crippen LogP) is 3.11. The van der Waals surface area contributed by atoms with Crippen LogP contribution in [0.2, 0.25) is 0 Å². The van der Waals surface area contributed by atoms with Crippen LogP contribution in [0, 0.1) is 0 Å². The summed E-state index contributed by atoms with van der Waals surface area (Å²) in [7, 11) is 3.86. The largest absolute Gasteiger partial charge is 0.377 e. The van der Waals surface area contributed by atoms with Crippen molar-refractivity contribution in [1.29, 1.82) is 0 Å². The monoisotopic (exact) mass is 264 g/mol. The predicted molar refractivity (Wildman–Crippen MR) is 77.2 cm³/mol. The summed E-state index contributed by atoms with van der Waals surface area (Å²) in [6, 6.07) is 11.3. The molecule has 3 aromatic rings. The molecule has 2 aromatic carbocycles. The first-order valence-corrected chi connectivity index (χ1v) is 6.42. The summed E-state index contributed by atoms with van der Waals surface area (Å²) in [6.07, 6.45) is 0. The maximum Gasteiger partial charge on any atom is 0.196 e. The van der Waals surface area contributed by atoms with Gasteiger partial charge in [0.15, 0.2) is 11.5 Å². The normalized spacial score (nSPS) is 12.6. The quantitative estimate of drug-likeness (QED) is 0.530. The van der Waals surface area contributed by atoms with E-state index in [0.29, 0.717) is 16.9 Å². The highest BCUT2D eigenvalue weighted by Crippen LogP contribution is 2.42. The lowest BCUT2D eigenvalue weighted by molar-refractivity contribution is 0.104. The van der Waals surface area contributed by atoms with E-state index >= 15 is 0 Å². The molecule has 0 atom stereocenters. The molecule has 0 N–H and O–H groups in total. The first-order valence-electron chi connectivity index (χ1n) is 6.42. The van der Waals surface area contributed by atoms with Crippen LogP contribution in [-0.4, -0.2) is 25.0 Å². The zero-order chi connectivity index (χ0) is 13.9. The summed E-state index contributed by atoms with van der Waals surface area (Å²) in [4.78, 5) is 14.8. The highest BCUT2D eigenvalue weighted by Gasteiger charge is 2.31. The van der Waals surface area contributed by atoms with Crippen LogP contribution in [0.1, 0.15) is 15.9 Å². The molecule has 4 nitrogen and oxygen atoms in total. The Labute approximate surface area is 115 Å².